The molecule has 0 saturated carbocycles. The van der Waals surface area contributed by atoms with E-state index in [2.05, 4.69) is 15.7 Å². The van der Waals surface area contributed by atoms with Crippen molar-refractivity contribution in [1.82, 2.24) is 15.1 Å². The molecule has 23 heavy (non-hydrogen) atoms. The first kappa shape index (κ1) is 17.3. The molecule has 2 aromatic rings. The Hall–Kier alpha value is -2.10. The first-order valence-electron chi connectivity index (χ1n) is 6.49. The van der Waals surface area contributed by atoms with Gasteiger partial charge in [-0.15, -0.1) is 11.3 Å². The number of carboxylic acid groups (broad SMARTS) is 1. The lowest BCUT2D eigenvalue weighted by atomic mass is 10.1. The number of hydrogen-bond acceptors (Lipinski definition) is 5. The van der Waals surface area contributed by atoms with Crippen LogP contribution in [0.15, 0.2) is 18.2 Å². The summed E-state index contributed by atoms with van der Waals surface area (Å²) in [5.41, 5.74) is -1.39. The second-order valence-corrected chi connectivity index (χ2v) is 6.74. The van der Waals surface area contributed by atoms with Gasteiger partial charge in [0.1, 0.15) is 11.5 Å². The van der Waals surface area contributed by atoms with E-state index in [1.807, 2.05) is 6.07 Å². The van der Waals surface area contributed by atoms with Crippen molar-refractivity contribution in [2.45, 2.75) is 12.5 Å². The Balaban J connectivity index is 2.02. The van der Waals surface area contributed by atoms with Crippen LogP contribution in [0.5, 0.6) is 0 Å². The molecular weight excluding hydrogens is 344 g/mol. The Bertz CT molecular complexity index is 740. The molecule has 1 unspecified atom stereocenters. The van der Waals surface area contributed by atoms with Gasteiger partial charge in [-0.1, -0.05) is 11.6 Å². The van der Waals surface area contributed by atoms with Gasteiger partial charge in [0.05, 0.1) is 15.8 Å². The van der Waals surface area contributed by atoms with E-state index in [0.29, 0.717) is 15.8 Å². The number of carboxylic acids is 1. The molecule has 0 fully saturated rings. The SMILES string of the molecule is Cn1nc(-c2ccc(Cl)s2)cc1NC(=O)NCC(C)(O)C(=O)O. The molecule has 124 valence electrons. The Morgan fingerprint density at radius 2 is 2.17 bits per heavy atom. The molecule has 2 amide bonds. The van der Waals surface area contributed by atoms with Crippen molar-refractivity contribution >= 4 is 40.8 Å². The largest absolute Gasteiger partial charge is 0.479 e. The molecule has 0 aromatic carbocycles. The highest BCUT2D eigenvalue weighted by Crippen LogP contribution is 2.31. The fraction of sp³-hybridized carbons (Fsp3) is 0.308. The van der Waals surface area contributed by atoms with Gasteiger partial charge in [-0.25, -0.2) is 9.59 Å². The molecule has 0 spiro atoms. The quantitative estimate of drug-likeness (QED) is 0.649. The number of anilines is 1. The fourth-order valence-electron chi connectivity index (χ4n) is 1.65. The zero-order valence-corrected chi connectivity index (χ0v) is 13.9. The minimum atomic E-state index is -2.04. The highest BCUT2D eigenvalue weighted by atomic mass is 35.5. The van der Waals surface area contributed by atoms with E-state index < -0.39 is 24.1 Å². The number of carbonyl (C=O) groups is 2. The van der Waals surface area contributed by atoms with Gasteiger partial charge in [-0.05, 0) is 19.1 Å². The molecule has 2 rings (SSSR count). The van der Waals surface area contributed by atoms with Crippen LogP contribution >= 0.6 is 22.9 Å². The lowest BCUT2D eigenvalue weighted by Gasteiger charge is -2.18. The summed E-state index contributed by atoms with van der Waals surface area (Å²) in [5, 5.41) is 27.4. The number of nitrogens with one attached hydrogen (secondary N) is 2. The van der Waals surface area contributed by atoms with Crippen molar-refractivity contribution in [3.8, 4) is 10.6 Å². The predicted molar refractivity (Wildman–Crippen MR) is 86.8 cm³/mol. The molecule has 0 bridgehead atoms. The topological polar surface area (TPSA) is 116 Å². The second-order valence-electron chi connectivity index (χ2n) is 5.03. The minimum absolute atomic E-state index is 0.414. The molecule has 0 saturated heterocycles. The van der Waals surface area contributed by atoms with Gasteiger partial charge < -0.3 is 15.5 Å². The molecule has 2 aromatic heterocycles. The number of amides is 2. The zero-order valence-electron chi connectivity index (χ0n) is 12.3. The van der Waals surface area contributed by atoms with E-state index in [9.17, 15) is 14.7 Å². The summed E-state index contributed by atoms with van der Waals surface area (Å²) >= 11 is 7.24. The highest BCUT2D eigenvalue weighted by Gasteiger charge is 2.30. The van der Waals surface area contributed by atoms with Crippen LogP contribution in [-0.2, 0) is 11.8 Å². The number of carbonyl (C=O) groups excluding carboxylic acids is 1. The summed E-state index contributed by atoms with van der Waals surface area (Å²) in [5.74, 6) is -1.01. The molecule has 0 aliphatic carbocycles. The van der Waals surface area contributed by atoms with Crippen molar-refractivity contribution < 1.29 is 19.8 Å². The van der Waals surface area contributed by atoms with Gasteiger partial charge in [0.15, 0.2) is 5.60 Å². The molecule has 8 nitrogen and oxygen atoms in total. The molecule has 0 radical (unpaired) electrons. The van der Waals surface area contributed by atoms with Crippen molar-refractivity contribution in [2.75, 3.05) is 11.9 Å². The molecule has 0 aliphatic rings. The third kappa shape index (κ3) is 4.21. The maximum atomic E-state index is 11.8. The fourth-order valence-corrected chi connectivity index (χ4v) is 2.64. The number of urea groups is 1. The number of aliphatic carboxylic acids is 1. The van der Waals surface area contributed by atoms with Crippen LogP contribution in [0.2, 0.25) is 4.34 Å². The van der Waals surface area contributed by atoms with E-state index in [1.165, 1.54) is 16.0 Å². The van der Waals surface area contributed by atoms with Crippen molar-refractivity contribution in [1.29, 1.82) is 0 Å². The van der Waals surface area contributed by atoms with E-state index in [0.717, 1.165) is 11.8 Å². The van der Waals surface area contributed by atoms with Gasteiger partial charge in [0.25, 0.3) is 0 Å². The van der Waals surface area contributed by atoms with Gasteiger partial charge in [-0.2, -0.15) is 5.10 Å². The lowest BCUT2D eigenvalue weighted by Crippen LogP contribution is -2.47. The van der Waals surface area contributed by atoms with E-state index in [1.54, 1.807) is 19.2 Å². The smallest absolute Gasteiger partial charge is 0.337 e. The second kappa shape index (κ2) is 6.57. The van der Waals surface area contributed by atoms with Crippen LogP contribution in [0.25, 0.3) is 10.6 Å². The van der Waals surface area contributed by atoms with Gasteiger partial charge in [-0.3, -0.25) is 10.00 Å². The summed E-state index contributed by atoms with van der Waals surface area (Å²) in [6.07, 6.45) is 0. The van der Waals surface area contributed by atoms with Crippen LogP contribution in [0.4, 0.5) is 10.6 Å². The predicted octanol–water partition coefficient (Wildman–Crippen LogP) is 1.76. The molecule has 0 aliphatic heterocycles. The first-order chi connectivity index (χ1) is 10.7. The maximum absolute atomic E-state index is 11.8. The molecule has 10 heteroatoms. The molecular formula is C13H15ClN4O4S. The Labute approximate surface area is 140 Å². The summed E-state index contributed by atoms with van der Waals surface area (Å²) in [4.78, 5) is 23.4. The molecule has 2 heterocycles. The summed E-state index contributed by atoms with van der Waals surface area (Å²) in [6, 6.07) is 4.59. The number of aromatic nitrogens is 2. The Morgan fingerprint density at radius 1 is 1.48 bits per heavy atom. The van der Waals surface area contributed by atoms with E-state index in [-0.39, 0.29) is 0 Å². The van der Waals surface area contributed by atoms with E-state index in [4.69, 9.17) is 16.7 Å². The van der Waals surface area contributed by atoms with E-state index >= 15 is 0 Å². The monoisotopic (exact) mass is 358 g/mol. The highest BCUT2D eigenvalue weighted by molar-refractivity contribution is 7.19. The van der Waals surface area contributed by atoms with Crippen LogP contribution in [0, 0.1) is 0 Å². The summed E-state index contributed by atoms with van der Waals surface area (Å²) < 4.78 is 2.10. The van der Waals surface area contributed by atoms with Crippen LogP contribution in [0.3, 0.4) is 0 Å². The van der Waals surface area contributed by atoms with Crippen LogP contribution < -0.4 is 10.6 Å². The molecule has 1 atom stereocenters. The number of thiophene rings is 1. The average molecular weight is 359 g/mol. The number of aryl methyl sites for hydroxylation is 1. The standard InChI is InChI=1S/C13H15ClN4O4S/c1-13(22,11(19)20)6-15-12(21)16-10-5-7(17-18(10)2)8-3-4-9(14)23-8/h3-5,22H,6H2,1-2H3,(H,19,20)(H2,15,16,21). The maximum Gasteiger partial charge on any atom is 0.337 e. The Morgan fingerprint density at radius 3 is 2.74 bits per heavy atom. The van der Waals surface area contributed by atoms with Gasteiger partial charge >= 0.3 is 12.0 Å². The van der Waals surface area contributed by atoms with Crippen molar-refractivity contribution in [2.24, 2.45) is 7.05 Å². The first-order valence-corrected chi connectivity index (χ1v) is 7.69. The lowest BCUT2D eigenvalue weighted by molar-refractivity contribution is -0.155. The average Bonchev–Trinajstić information content (AvgIpc) is 3.03. The number of rotatable bonds is 5. The summed E-state index contributed by atoms with van der Waals surface area (Å²) in [7, 11) is 1.65. The van der Waals surface area contributed by atoms with Gasteiger partial charge in [0, 0.05) is 13.1 Å². The van der Waals surface area contributed by atoms with Crippen LogP contribution in [-0.4, -0.2) is 44.1 Å². The van der Waals surface area contributed by atoms with Crippen molar-refractivity contribution in [3.05, 3.63) is 22.5 Å². The normalized spacial score (nSPS) is 13.4. The third-order valence-electron chi connectivity index (χ3n) is 3.00. The zero-order chi connectivity index (χ0) is 17.2. The molecule has 4 N–H and O–H groups in total. The third-order valence-corrected chi connectivity index (χ3v) is 4.25. The summed E-state index contributed by atoms with van der Waals surface area (Å²) in [6.45, 7) is 0.664. The number of halogens is 1. The minimum Gasteiger partial charge on any atom is -0.479 e. The number of hydrogen-bond donors (Lipinski definition) is 4. The van der Waals surface area contributed by atoms with Crippen LogP contribution in [0.1, 0.15) is 6.92 Å². The Kier molecular flexibility index (Phi) is 4.93. The van der Waals surface area contributed by atoms with Gasteiger partial charge in [0.2, 0.25) is 0 Å². The number of nitrogens with zero attached hydrogens (tertiary/aromatic N) is 2. The van der Waals surface area contributed by atoms with Crippen molar-refractivity contribution in [3.63, 3.8) is 0 Å². The number of aliphatic hydroxyl groups is 1.